The molecule has 2 saturated heterocycles. The highest BCUT2D eigenvalue weighted by Gasteiger charge is 2.32. The number of H-pyrrole nitrogens is 1. The average molecular weight is 414 g/mol. The number of carbonyl (C=O) groups excluding carboxylic acids is 1. The number of halogens is 1. The van der Waals surface area contributed by atoms with Gasteiger partial charge in [0.25, 0.3) is 0 Å². The molecule has 1 amide bonds. The molecule has 1 unspecified atom stereocenters. The number of nitrogens with one attached hydrogen (secondary N) is 3. The van der Waals surface area contributed by atoms with Crippen LogP contribution >= 0.6 is 11.6 Å². The van der Waals surface area contributed by atoms with Crippen LogP contribution in [0.15, 0.2) is 30.6 Å². The fraction of sp³-hybridized carbons (Fsp3) is 0.429. The van der Waals surface area contributed by atoms with Crippen LogP contribution < -0.4 is 10.6 Å². The number of carbonyl (C=O) groups is 1. The first-order chi connectivity index (χ1) is 14.2. The van der Waals surface area contributed by atoms with E-state index in [9.17, 15) is 4.79 Å². The van der Waals surface area contributed by atoms with Crippen LogP contribution in [0.4, 0.5) is 5.69 Å². The molecule has 2 aliphatic heterocycles. The van der Waals surface area contributed by atoms with Crippen molar-refractivity contribution in [3.8, 4) is 0 Å². The van der Waals surface area contributed by atoms with Crippen molar-refractivity contribution in [1.82, 2.24) is 20.2 Å². The van der Waals surface area contributed by atoms with Crippen molar-refractivity contribution in [2.75, 3.05) is 38.2 Å². The number of pyridine rings is 1. The molecule has 0 bridgehead atoms. The number of hydrogen-bond donors (Lipinski definition) is 3. The molecule has 5 rings (SSSR count). The summed E-state index contributed by atoms with van der Waals surface area (Å²) in [5, 5.41) is 9.19. The first-order valence-electron chi connectivity index (χ1n) is 10.1. The van der Waals surface area contributed by atoms with Gasteiger partial charge in [-0.1, -0.05) is 11.6 Å². The Balaban J connectivity index is 1.42. The van der Waals surface area contributed by atoms with E-state index >= 15 is 0 Å². The number of anilines is 1. The van der Waals surface area contributed by atoms with Crippen molar-refractivity contribution in [2.24, 2.45) is 0 Å². The van der Waals surface area contributed by atoms with Gasteiger partial charge < -0.3 is 20.4 Å². The molecule has 0 radical (unpaired) electrons. The number of aromatic nitrogens is 2. The van der Waals surface area contributed by atoms with E-state index in [1.54, 1.807) is 18.5 Å². The van der Waals surface area contributed by atoms with E-state index in [1.165, 1.54) is 6.42 Å². The Kier molecular flexibility index (Phi) is 5.13. The maximum atomic E-state index is 13.2. The average Bonchev–Trinajstić information content (AvgIpc) is 3.36. The molecule has 7 nitrogen and oxygen atoms in total. The standard InChI is InChI=1S/C21H24ClN5O2/c22-13-8-16-15-3-5-23-10-18(15)25-20(16)17(9-13)26-21(28)19-12-29-7-6-27(19)11-14-2-1-4-24-14/h3,5,8-10,14,19,24-25H,1-2,4,6-7,11-12H2,(H,26,28)/t14?,19-/m0/s1. The molecule has 8 heteroatoms. The number of hydrogen-bond acceptors (Lipinski definition) is 5. The molecule has 1 aromatic carbocycles. The summed E-state index contributed by atoms with van der Waals surface area (Å²) in [4.78, 5) is 23.0. The maximum absolute atomic E-state index is 13.2. The Morgan fingerprint density at radius 2 is 2.31 bits per heavy atom. The fourth-order valence-corrected chi connectivity index (χ4v) is 4.64. The number of benzene rings is 1. The molecule has 0 saturated carbocycles. The van der Waals surface area contributed by atoms with Crippen LogP contribution in [0.2, 0.25) is 5.02 Å². The van der Waals surface area contributed by atoms with Gasteiger partial charge in [0.15, 0.2) is 0 Å². The van der Waals surface area contributed by atoms with Crippen molar-refractivity contribution < 1.29 is 9.53 Å². The molecule has 4 heterocycles. The van der Waals surface area contributed by atoms with E-state index in [0.717, 1.165) is 47.9 Å². The van der Waals surface area contributed by atoms with E-state index in [4.69, 9.17) is 16.3 Å². The van der Waals surface area contributed by atoms with Crippen molar-refractivity contribution >= 4 is 45.0 Å². The summed E-state index contributed by atoms with van der Waals surface area (Å²) in [5.41, 5.74) is 2.44. The Hall–Kier alpha value is -2.19. The molecular formula is C21H24ClN5O2. The van der Waals surface area contributed by atoms with E-state index in [0.29, 0.717) is 30.0 Å². The Morgan fingerprint density at radius 1 is 1.38 bits per heavy atom. The molecule has 2 aliphatic rings. The second-order valence-electron chi connectivity index (χ2n) is 7.79. The van der Waals surface area contributed by atoms with Crippen molar-refractivity contribution in [3.05, 3.63) is 35.6 Å². The molecule has 152 valence electrons. The quantitative estimate of drug-likeness (QED) is 0.612. The molecule has 3 N–H and O–H groups in total. The van der Waals surface area contributed by atoms with E-state index in [2.05, 4.69) is 25.5 Å². The van der Waals surface area contributed by atoms with E-state index < -0.39 is 0 Å². The summed E-state index contributed by atoms with van der Waals surface area (Å²) in [7, 11) is 0. The highest BCUT2D eigenvalue weighted by molar-refractivity contribution is 6.32. The van der Waals surface area contributed by atoms with Crippen LogP contribution in [0, 0.1) is 0 Å². The van der Waals surface area contributed by atoms with Gasteiger partial charge in [-0.2, -0.15) is 0 Å². The first kappa shape index (κ1) is 18.8. The third-order valence-corrected chi connectivity index (χ3v) is 6.11. The largest absolute Gasteiger partial charge is 0.378 e. The lowest BCUT2D eigenvalue weighted by molar-refractivity contribution is -0.127. The van der Waals surface area contributed by atoms with Gasteiger partial charge in [0.2, 0.25) is 5.91 Å². The van der Waals surface area contributed by atoms with Crippen molar-refractivity contribution in [1.29, 1.82) is 0 Å². The second kappa shape index (κ2) is 7.91. The first-order valence-corrected chi connectivity index (χ1v) is 10.5. The molecule has 0 spiro atoms. The summed E-state index contributed by atoms with van der Waals surface area (Å²) >= 11 is 6.37. The molecule has 2 atom stereocenters. The molecule has 2 aromatic heterocycles. The molecule has 29 heavy (non-hydrogen) atoms. The minimum absolute atomic E-state index is 0.0666. The summed E-state index contributed by atoms with van der Waals surface area (Å²) in [5.74, 6) is -0.0666. The smallest absolute Gasteiger partial charge is 0.244 e. The number of amides is 1. The third kappa shape index (κ3) is 3.71. The second-order valence-corrected chi connectivity index (χ2v) is 8.23. The summed E-state index contributed by atoms with van der Waals surface area (Å²) in [6.45, 7) is 3.75. The van der Waals surface area contributed by atoms with Crippen LogP contribution in [0.25, 0.3) is 21.8 Å². The summed E-state index contributed by atoms with van der Waals surface area (Å²) < 4.78 is 5.63. The lowest BCUT2D eigenvalue weighted by Crippen LogP contribution is -2.54. The van der Waals surface area contributed by atoms with Gasteiger partial charge in [-0.15, -0.1) is 0 Å². The molecule has 0 aliphatic carbocycles. The monoisotopic (exact) mass is 413 g/mol. The predicted octanol–water partition coefficient (Wildman–Crippen LogP) is 2.76. The minimum atomic E-state index is -0.314. The highest BCUT2D eigenvalue weighted by atomic mass is 35.5. The number of aromatic amines is 1. The zero-order valence-corrected chi connectivity index (χ0v) is 16.8. The van der Waals surface area contributed by atoms with Crippen LogP contribution in [0.5, 0.6) is 0 Å². The number of ether oxygens (including phenoxy) is 1. The van der Waals surface area contributed by atoms with Crippen LogP contribution in [0.3, 0.4) is 0 Å². The number of nitrogens with zero attached hydrogens (tertiary/aromatic N) is 2. The summed E-state index contributed by atoms with van der Waals surface area (Å²) in [6.07, 6.45) is 5.88. The van der Waals surface area contributed by atoms with Gasteiger partial charge in [-0.3, -0.25) is 14.7 Å². The zero-order valence-electron chi connectivity index (χ0n) is 16.1. The molecule has 3 aromatic rings. The van der Waals surface area contributed by atoms with Crippen molar-refractivity contribution in [3.63, 3.8) is 0 Å². The van der Waals surface area contributed by atoms with E-state index in [1.807, 2.05) is 12.1 Å². The van der Waals surface area contributed by atoms with Crippen LogP contribution in [0.1, 0.15) is 12.8 Å². The van der Waals surface area contributed by atoms with Crippen LogP contribution in [-0.4, -0.2) is 65.7 Å². The SMILES string of the molecule is O=C(Nc1cc(Cl)cc2c1[nH]c1cnccc12)[C@@H]1COCCN1CC1CCCN1. The van der Waals surface area contributed by atoms with Crippen molar-refractivity contribution in [2.45, 2.75) is 24.9 Å². The number of morpholine rings is 1. The number of rotatable bonds is 4. The molecular weight excluding hydrogens is 390 g/mol. The van der Waals surface area contributed by atoms with Gasteiger partial charge in [0, 0.05) is 41.1 Å². The van der Waals surface area contributed by atoms with Gasteiger partial charge in [-0.05, 0) is 37.6 Å². The van der Waals surface area contributed by atoms with Gasteiger partial charge in [0.05, 0.1) is 36.1 Å². The topological polar surface area (TPSA) is 82.3 Å². The van der Waals surface area contributed by atoms with Crippen LogP contribution in [-0.2, 0) is 9.53 Å². The Morgan fingerprint density at radius 3 is 3.17 bits per heavy atom. The lowest BCUT2D eigenvalue weighted by Gasteiger charge is -2.36. The normalized spacial score (nSPS) is 23.1. The molecule has 2 fully saturated rings. The highest BCUT2D eigenvalue weighted by Crippen LogP contribution is 2.33. The predicted molar refractivity (Wildman–Crippen MR) is 114 cm³/mol. The van der Waals surface area contributed by atoms with Gasteiger partial charge in [-0.25, -0.2) is 0 Å². The summed E-state index contributed by atoms with van der Waals surface area (Å²) in [6, 6.07) is 5.78. The maximum Gasteiger partial charge on any atom is 0.244 e. The van der Waals surface area contributed by atoms with Gasteiger partial charge in [0.1, 0.15) is 6.04 Å². The third-order valence-electron chi connectivity index (χ3n) is 5.89. The number of fused-ring (bicyclic) bond motifs is 3. The Bertz CT molecular complexity index is 1050. The van der Waals surface area contributed by atoms with E-state index in [-0.39, 0.29) is 11.9 Å². The Labute approximate surface area is 173 Å². The fourth-order valence-electron chi connectivity index (χ4n) is 4.43. The zero-order chi connectivity index (χ0) is 19.8. The minimum Gasteiger partial charge on any atom is -0.378 e. The lowest BCUT2D eigenvalue weighted by atomic mass is 10.1. The van der Waals surface area contributed by atoms with Gasteiger partial charge >= 0.3 is 0 Å².